The second kappa shape index (κ2) is 6.20. The van der Waals surface area contributed by atoms with E-state index in [1.807, 2.05) is 24.3 Å². The molecule has 1 aromatic heterocycles. The molecule has 0 saturated heterocycles. The van der Waals surface area contributed by atoms with Crippen molar-refractivity contribution in [2.45, 2.75) is 17.3 Å². The Bertz CT molecular complexity index is 771. The summed E-state index contributed by atoms with van der Waals surface area (Å²) < 4.78 is 13.2. The largest absolute Gasteiger partial charge is 0.326 e. The summed E-state index contributed by atoms with van der Waals surface area (Å²) in [4.78, 5) is 8.59. The maximum absolute atomic E-state index is 13.2. The maximum Gasteiger partial charge on any atom is 0.123 e. The summed E-state index contributed by atoms with van der Waals surface area (Å²) in [5.41, 5.74) is 8.47. The lowest BCUT2D eigenvalue weighted by Crippen LogP contribution is -2.01. The Balaban J connectivity index is 1.87. The van der Waals surface area contributed by atoms with Crippen LogP contribution in [0.15, 0.2) is 53.8 Å². The van der Waals surface area contributed by atoms with Crippen molar-refractivity contribution in [1.29, 1.82) is 0 Å². The number of rotatable bonds is 4. The molecule has 0 spiro atoms. The first kappa shape index (κ1) is 14.0. The topological polar surface area (TPSA) is 51.8 Å². The van der Waals surface area contributed by atoms with E-state index in [1.54, 1.807) is 24.2 Å². The van der Waals surface area contributed by atoms with Crippen LogP contribution in [0.4, 0.5) is 4.39 Å². The number of hydrogen-bond acceptors (Lipinski definition) is 4. The van der Waals surface area contributed by atoms with Crippen LogP contribution >= 0.6 is 11.8 Å². The minimum absolute atomic E-state index is 0.253. The molecule has 106 valence electrons. The van der Waals surface area contributed by atoms with E-state index in [9.17, 15) is 4.39 Å². The molecule has 2 aromatic carbocycles. The van der Waals surface area contributed by atoms with Gasteiger partial charge in [0.2, 0.25) is 0 Å². The molecule has 1 heterocycles. The average molecular weight is 299 g/mol. The summed E-state index contributed by atoms with van der Waals surface area (Å²) in [5, 5.41) is 1.95. The zero-order valence-corrected chi connectivity index (χ0v) is 12.1. The average Bonchev–Trinajstić information content (AvgIpc) is 2.53. The van der Waals surface area contributed by atoms with Gasteiger partial charge in [0, 0.05) is 17.7 Å². The zero-order valence-electron chi connectivity index (χ0n) is 11.3. The van der Waals surface area contributed by atoms with Gasteiger partial charge in [-0.05, 0) is 29.3 Å². The van der Waals surface area contributed by atoms with Crippen molar-refractivity contribution in [2.24, 2.45) is 5.73 Å². The van der Waals surface area contributed by atoms with Crippen LogP contribution in [-0.4, -0.2) is 9.97 Å². The van der Waals surface area contributed by atoms with Crippen LogP contribution < -0.4 is 5.73 Å². The number of benzene rings is 2. The third-order valence-corrected chi connectivity index (χ3v) is 4.31. The number of nitrogens with zero attached hydrogens (tertiary/aromatic N) is 2. The summed E-state index contributed by atoms with van der Waals surface area (Å²) in [5.74, 6) is 0.449. The summed E-state index contributed by atoms with van der Waals surface area (Å²) >= 11 is 1.61. The van der Waals surface area contributed by atoms with Gasteiger partial charge in [-0.2, -0.15) is 0 Å². The van der Waals surface area contributed by atoms with Crippen LogP contribution in [0.5, 0.6) is 0 Å². The Morgan fingerprint density at radius 1 is 1.05 bits per heavy atom. The molecule has 0 aliphatic rings. The van der Waals surface area contributed by atoms with Gasteiger partial charge in [-0.1, -0.05) is 24.3 Å². The third kappa shape index (κ3) is 3.04. The summed E-state index contributed by atoms with van der Waals surface area (Å²) in [6, 6.07) is 12.6. The summed E-state index contributed by atoms with van der Waals surface area (Å²) in [6.45, 7) is 0.332. The number of aromatic nitrogens is 2. The SMILES string of the molecule is NCc1cc(F)ccc1CSc1ncnc2ccccc12. The van der Waals surface area contributed by atoms with Gasteiger partial charge < -0.3 is 5.73 Å². The second-order valence-electron chi connectivity index (χ2n) is 4.60. The van der Waals surface area contributed by atoms with Gasteiger partial charge in [0.15, 0.2) is 0 Å². The summed E-state index contributed by atoms with van der Waals surface area (Å²) in [6.07, 6.45) is 1.57. The molecule has 2 N–H and O–H groups in total. The number of hydrogen-bond donors (Lipinski definition) is 1. The number of para-hydroxylation sites is 1. The first-order valence-electron chi connectivity index (χ1n) is 6.58. The molecule has 3 aromatic rings. The fourth-order valence-corrected chi connectivity index (χ4v) is 3.19. The van der Waals surface area contributed by atoms with Gasteiger partial charge in [0.25, 0.3) is 0 Å². The predicted molar refractivity (Wildman–Crippen MR) is 83.4 cm³/mol. The van der Waals surface area contributed by atoms with Crippen LogP contribution in [-0.2, 0) is 12.3 Å². The van der Waals surface area contributed by atoms with E-state index in [0.29, 0.717) is 12.3 Å². The normalized spacial score (nSPS) is 11.0. The van der Waals surface area contributed by atoms with E-state index >= 15 is 0 Å². The molecule has 0 aliphatic carbocycles. The van der Waals surface area contributed by atoms with Gasteiger partial charge in [-0.25, -0.2) is 14.4 Å². The molecule has 0 unspecified atom stereocenters. The Labute approximate surface area is 126 Å². The highest BCUT2D eigenvalue weighted by Gasteiger charge is 2.07. The van der Waals surface area contributed by atoms with Gasteiger partial charge in [-0.15, -0.1) is 11.8 Å². The van der Waals surface area contributed by atoms with E-state index in [2.05, 4.69) is 9.97 Å². The first-order valence-corrected chi connectivity index (χ1v) is 7.56. The van der Waals surface area contributed by atoms with Crippen molar-refractivity contribution in [3.63, 3.8) is 0 Å². The van der Waals surface area contributed by atoms with Crippen LogP contribution in [0.3, 0.4) is 0 Å². The minimum atomic E-state index is -0.253. The van der Waals surface area contributed by atoms with E-state index in [0.717, 1.165) is 27.1 Å². The smallest absolute Gasteiger partial charge is 0.123 e. The highest BCUT2D eigenvalue weighted by Crippen LogP contribution is 2.28. The van der Waals surface area contributed by atoms with E-state index < -0.39 is 0 Å². The highest BCUT2D eigenvalue weighted by molar-refractivity contribution is 7.98. The van der Waals surface area contributed by atoms with Crippen molar-refractivity contribution in [2.75, 3.05) is 0 Å². The Hall–Kier alpha value is -1.98. The van der Waals surface area contributed by atoms with Crippen molar-refractivity contribution in [3.8, 4) is 0 Å². The van der Waals surface area contributed by atoms with Gasteiger partial charge in [0.05, 0.1) is 5.52 Å². The third-order valence-electron chi connectivity index (χ3n) is 3.26. The number of fused-ring (bicyclic) bond motifs is 1. The standard InChI is InChI=1S/C16H14FN3S/c17-13-6-5-11(12(7-13)8-18)9-21-16-14-3-1-2-4-15(14)19-10-20-16/h1-7,10H,8-9,18H2. The van der Waals surface area contributed by atoms with Crippen molar-refractivity contribution >= 4 is 22.7 Å². The number of nitrogens with two attached hydrogens (primary N) is 1. The van der Waals surface area contributed by atoms with Gasteiger partial charge in [0.1, 0.15) is 17.2 Å². The van der Waals surface area contributed by atoms with Gasteiger partial charge in [-0.3, -0.25) is 0 Å². The molecule has 0 bridgehead atoms. The molecule has 3 rings (SSSR count). The van der Waals surface area contributed by atoms with Crippen LogP contribution in [0.25, 0.3) is 10.9 Å². The molecule has 0 fully saturated rings. The van der Waals surface area contributed by atoms with Crippen LogP contribution in [0.1, 0.15) is 11.1 Å². The molecule has 5 heteroatoms. The lowest BCUT2D eigenvalue weighted by atomic mass is 10.1. The highest BCUT2D eigenvalue weighted by atomic mass is 32.2. The molecular weight excluding hydrogens is 285 g/mol. The minimum Gasteiger partial charge on any atom is -0.326 e. The van der Waals surface area contributed by atoms with E-state index in [1.165, 1.54) is 12.1 Å². The monoisotopic (exact) mass is 299 g/mol. The lowest BCUT2D eigenvalue weighted by Gasteiger charge is -2.08. The predicted octanol–water partition coefficient (Wildman–Crippen LogP) is 3.52. The van der Waals surface area contributed by atoms with Gasteiger partial charge >= 0.3 is 0 Å². The second-order valence-corrected chi connectivity index (χ2v) is 5.57. The Morgan fingerprint density at radius 3 is 2.76 bits per heavy atom. The number of thioether (sulfide) groups is 1. The molecule has 0 amide bonds. The number of halogens is 1. The molecule has 0 aliphatic heterocycles. The zero-order chi connectivity index (χ0) is 14.7. The van der Waals surface area contributed by atoms with Crippen molar-refractivity contribution in [1.82, 2.24) is 9.97 Å². The molecule has 0 radical (unpaired) electrons. The fourth-order valence-electron chi connectivity index (χ4n) is 2.17. The molecule has 21 heavy (non-hydrogen) atoms. The van der Waals surface area contributed by atoms with Crippen LogP contribution in [0, 0.1) is 5.82 Å². The maximum atomic E-state index is 13.2. The molecular formula is C16H14FN3S. The molecule has 0 atom stereocenters. The molecule has 3 nitrogen and oxygen atoms in total. The quantitative estimate of drug-likeness (QED) is 0.591. The van der Waals surface area contributed by atoms with E-state index in [4.69, 9.17) is 5.73 Å². The van der Waals surface area contributed by atoms with Crippen LogP contribution in [0.2, 0.25) is 0 Å². The van der Waals surface area contributed by atoms with Crippen molar-refractivity contribution < 1.29 is 4.39 Å². The Kier molecular flexibility index (Phi) is 4.13. The lowest BCUT2D eigenvalue weighted by molar-refractivity contribution is 0.624. The Morgan fingerprint density at radius 2 is 1.90 bits per heavy atom. The summed E-state index contributed by atoms with van der Waals surface area (Å²) in [7, 11) is 0. The van der Waals surface area contributed by atoms with Crippen molar-refractivity contribution in [3.05, 3.63) is 65.7 Å². The fraction of sp³-hybridized carbons (Fsp3) is 0.125. The molecule has 0 saturated carbocycles. The van der Waals surface area contributed by atoms with E-state index in [-0.39, 0.29) is 5.82 Å². The first-order chi connectivity index (χ1) is 10.3.